The van der Waals surface area contributed by atoms with Crippen molar-refractivity contribution in [1.82, 2.24) is 9.97 Å². The van der Waals surface area contributed by atoms with Crippen LogP contribution in [0.4, 0.5) is 5.82 Å². The van der Waals surface area contributed by atoms with Gasteiger partial charge in [0.05, 0.1) is 4.99 Å². The fourth-order valence-electron chi connectivity index (χ4n) is 1.63. The summed E-state index contributed by atoms with van der Waals surface area (Å²) in [6.45, 7) is 4.22. The van der Waals surface area contributed by atoms with Crippen LogP contribution in [0.15, 0.2) is 12.4 Å². The number of thiocarbonyl (C=S) groups is 1. The van der Waals surface area contributed by atoms with E-state index in [9.17, 15) is 0 Å². The molecular formula is C12H20N4S. The highest BCUT2D eigenvalue weighted by Crippen LogP contribution is 2.14. The normalized spacial score (nSPS) is 12.2. The first kappa shape index (κ1) is 13.8. The minimum atomic E-state index is 0.247. The Morgan fingerprint density at radius 3 is 2.82 bits per heavy atom. The van der Waals surface area contributed by atoms with Gasteiger partial charge in [0.1, 0.15) is 12.1 Å². The molecule has 1 aromatic heterocycles. The van der Waals surface area contributed by atoms with Gasteiger partial charge in [0.15, 0.2) is 0 Å². The van der Waals surface area contributed by atoms with E-state index >= 15 is 0 Å². The summed E-state index contributed by atoms with van der Waals surface area (Å²) in [7, 11) is 2.00. The van der Waals surface area contributed by atoms with Crippen LogP contribution in [0, 0.1) is 0 Å². The van der Waals surface area contributed by atoms with E-state index in [0.29, 0.717) is 11.4 Å². The van der Waals surface area contributed by atoms with Crippen molar-refractivity contribution in [2.75, 3.05) is 11.9 Å². The van der Waals surface area contributed by atoms with Gasteiger partial charge in [-0.1, -0.05) is 25.6 Å². The fourth-order valence-corrected chi connectivity index (χ4v) is 1.87. The summed E-state index contributed by atoms with van der Waals surface area (Å²) in [6.07, 6.45) is 4.37. The van der Waals surface area contributed by atoms with Crippen molar-refractivity contribution >= 4 is 23.0 Å². The monoisotopic (exact) mass is 252 g/mol. The van der Waals surface area contributed by atoms with Gasteiger partial charge in [-0.3, -0.25) is 0 Å². The van der Waals surface area contributed by atoms with E-state index in [1.165, 1.54) is 0 Å². The minimum Gasteiger partial charge on any atom is -0.393 e. The second-order valence-corrected chi connectivity index (χ2v) is 4.77. The summed E-state index contributed by atoms with van der Waals surface area (Å²) >= 11 is 4.93. The largest absolute Gasteiger partial charge is 0.393 e. The summed E-state index contributed by atoms with van der Waals surface area (Å²) in [6, 6.07) is 2.27. The molecule has 1 rings (SSSR count). The summed E-state index contributed by atoms with van der Waals surface area (Å²) in [5.41, 5.74) is 6.63. The van der Waals surface area contributed by atoms with Crippen molar-refractivity contribution in [2.45, 2.75) is 39.2 Å². The van der Waals surface area contributed by atoms with Crippen molar-refractivity contribution in [2.24, 2.45) is 5.73 Å². The van der Waals surface area contributed by atoms with E-state index in [-0.39, 0.29) is 6.04 Å². The van der Waals surface area contributed by atoms with Crippen LogP contribution in [0.5, 0.6) is 0 Å². The number of nitrogens with two attached hydrogens (primary N) is 1. The van der Waals surface area contributed by atoms with Crippen LogP contribution in [0.3, 0.4) is 0 Å². The molecule has 1 atom stereocenters. The Morgan fingerprint density at radius 1 is 1.53 bits per heavy atom. The SMILES string of the molecule is CCCc1cc(N(C)C(C)CC(N)=S)ncn1. The molecule has 17 heavy (non-hydrogen) atoms. The average Bonchev–Trinajstić information content (AvgIpc) is 2.28. The third kappa shape index (κ3) is 4.26. The molecule has 0 bridgehead atoms. The third-order valence-electron chi connectivity index (χ3n) is 2.73. The smallest absolute Gasteiger partial charge is 0.132 e. The molecule has 0 aliphatic heterocycles. The number of aromatic nitrogens is 2. The molecule has 0 saturated carbocycles. The second kappa shape index (κ2) is 6.49. The van der Waals surface area contributed by atoms with Gasteiger partial charge in [0.2, 0.25) is 0 Å². The lowest BCUT2D eigenvalue weighted by Gasteiger charge is -2.25. The first-order chi connectivity index (χ1) is 8.04. The Kier molecular flexibility index (Phi) is 5.28. The van der Waals surface area contributed by atoms with E-state index in [1.54, 1.807) is 6.33 Å². The molecule has 0 spiro atoms. The predicted molar refractivity (Wildman–Crippen MR) is 75.3 cm³/mol. The van der Waals surface area contributed by atoms with E-state index in [2.05, 4.69) is 28.7 Å². The Bertz CT molecular complexity index is 381. The molecule has 0 fully saturated rings. The Hall–Kier alpha value is -1.23. The van der Waals surface area contributed by atoms with Crippen molar-refractivity contribution in [3.05, 3.63) is 18.1 Å². The Morgan fingerprint density at radius 2 is 2.24 bits per heavy atom. The fraction of sp³-hybridized carbons (Fsp3) is 0.583. The van der Waals surface area contributed by atoms with Gasteiger partial charge in [-0.2, -0.15) is 0 Å². The number of hydrogen-bond acceptors (Lipinski definition) is 4. The van der Waals surface area contributed by atoms with Crippen molar-refractivity contribution in [3.8, 4) is 0 Å². The molecule has 1 heterocycles. The second-order valence-electron chi connectivity index (χ2n) is 4.25. The van der Waals surface area contributed by atoms with Crippen LogP contribution in [-0.2, 0) is 6.42 Å². The van der Waals surface area contributed by atoms with E-state index < -0.39 is 0 Å². The van der Waals surface area contributed by atoms with E-state index in [1.807, 2.05) is 13.1 Å². The topological polar surface area (TPSA) is 55.0 Å². The summed E-state index contributed by atoms with van der Waals surface area (Å²) in [4.78, 5) is 11.1. The van der Waals surface area contributed by atoms with Crippen molar-refractivity contribution in [3.63, 3.8) is 0 Å². The van der Waals surface area contributed by atoms with E-state index in [0.717, 1.165) is 24.4 Å². The highest BCUT2D eigenvalue weighted by Gasteiger charge is 2.12. The van der Waals surface area contributed by atoms with Crippen molar-refractivity contribution < 1.29 is 0 Å². The maximum absolute atomic E-state index is 5.56. The standard InChI is InChI=1S/C12H20N4S/c1-4-5-10-7-12(15-8-14-10)16(3)9(2)6-11(13)17/h7-9H,4-6H2,1-3H3,(H2,13,17). The van der Waals surface area contributed by atoms with Crippen LogP contribution in [0.25, 0.3) is 0 Å². The third-order valence-corrected chi connectivity index (χ3v) is 2.90. The molecule has 2 N–H and O–H groups in total. The van der Waals surface area contributed by atoms with Crippen LogP contribution >= 0.6 is 12.2 Å². The molecule has 1 unspecified atom stereocenters. The maximum Gasteiger partial charge on any atom is 0.132 e. The number of anilines is 1. The lowest BCUT2D eigenvalue weighted by molar-refractivity contribution is 0.701. The Labute approximate surface area is 108 Å². The number of aryl methyl sites for hydroxylation is 1. The predicted octanol–water partition coefficient (Wildman–Crippen LogP) is 1.93. The zero-order valence-electron chi connectivity index (χ0n) is 10.7. The summed E-state index contributed by atoms with van der Waals surface area (Å²) in [5.74, 6) is 0.923. The first-order valence-electron chi connectivity index (χ1n) is 5.86. The van der Waals surface area contributed by atoms with Crippen LogP contribution in [0.2, 0.25) is 0 Å². The molecule has 0 saturated heterocycles. The van der Waals surface area contributed by atoms with Crippen LogP contribution in [-0.4, -0.2) is 28.0 Å². The Balaban J connectivity index is 2.76. The van der Waals surface area contributed by atoms with Gasteiger partial charge in [0, 0.05) is 31.3 Å². The maximum atomic E-state index is 5.56. The van der Waals surface area contributed by atoms with Crippen LogP contribution < -0.4 is 10.6 Å². The number of rotatable bonds is 6. The first-order valence-corrected chi connectivity index (χ1v) is 6.27. The van der Waals surface area contributed by atoms with Gasteiger partial charge < -0.3 is 10.6 Å². The quantitative estimate of drug-likeness (QED) is 0.784. The molecule has 0 aromatic carbocycles. The van der Waals surface area contributed by atoms with Gasteiger partial charge >= 0.3 is 0 Å². The molecular weight excluding hydrogens is 232 g/mol. The van der Waals surface area contributed by atoms with Gasteiger partial charge in [-0.25, -0.2) is 9.97 Å². The molecule has 0 aliphatic carbocycles. The molecule has 0 radical (unpaired) electrons. The van der Waals surface area contributed by atoms with Gasteiger partial charge in [-0.05, 0) is 13.3 Å². The lowest BCUT2D eigenvalue weighted by atomic mass is 10.2. The molecule has 94 valence electrons. The summed E-state index contributed by atoms with van der Waals surface area (Å²) < 4.78 is 0. The van der Waals surface area contributed by atoms with Crippen LogP contribution in [0.1, 0.15) is 32.4 Å². The minimum absolute atomic E-state index is 0.247. The molecule has 0 aliphatic rings. The van der Waals surface area contributed by atoms with E-state index in [4.69, 9.17) is 18.0 Å². The average molecular weight is 252 g/mol. The van der Waals surface area contributed by atoms with Gasteiger partial charge in [0.25, 0.3) is 0 Å². The number of nitrogens with zero attached hydrogens (tertiary/aromatic N) is 3. The molecule has 4 nitrogen and oxygen atoms in total. The zero-order valence-corrected chi connectivity index (χ0v) is 11.5. The lowest BCUT2D eigenvalue weighted by Crippen LogP contribution is -2.33. The molecule has 5 heteroatoms. The molecule has 0 amide bonds. The number of hydrogen-bond donors (Lipinski definition) is 1. The highest BCUT2D eigenvalue weighted by atomic mass is 32.1. The van der Waals surface area contributed by atoms with Gasteiger partial charge in [-0.15, -0.1) is 0 Å². The highest BCUT2D eigenvalue weighted by molar-refractivity contribution is 7.80. The summed E-state index contributed by atoms with van der Waals surface area (Å²) in [5, 5.41) is 0. The molecule has 1 aromatic rings. The zero-order chi connectivity index (χ0) is 12.8. The van der Waals surface area contributed by atoms with Crippen molar-refractivity contribution in [1.29, 1.82) is 0 Å².